The zero-order valence-electron chi connectivity index (χ0n) is 13.5. The van der Waals surface area contributed by atoms with E-state index in [-0.39, 0.29) is 0 Å². The Morgan fingerprint density at radius 1 is 0.760 bits per heavy atom. The maximum Gasteiger partial charge on any atom is 0.0508 e. The first-order valence-electron chi connectivity index (χ1n) is 7.46. The molecule has 128 valence electrons. The highest BCUT2D eigenvalue weighted by atomic mass is 32.2. The lowest BCUT2D eigenvalue weighted by atomic mass is 9.93. The van der Waals surface area contributed by atoms with Gasteiger partial charge < -0.3 is 18.7 Å². The second kappa shape index (κ2) is 6.75. The van der Waals surface area contributed by atoms with Crippen LogP contribution in [0.25, 0.3) is 32.3 Å². The van der Waals surface area contributed by atoms with Crippen LogP contribution >= 0.6 is 36.1 Å². The highest BCUT2D eigenvalue weighted by Gasteiger charge is 2.18. The number of hydrogen-bond donors (Lipinski definition) is 2. The molecule has 0 fully saturated rings. The second-order valence-electron chi connectivity index (χ2n) is 5.50. The average molecular weight is 390 g/mol. The molecule has 3 N–H and O–H groups in total. The minimum Gasteiger partial charge on any atom is -0.398 e. The zero-order chi connectivity index (χ0) is 17.6. The third-order valence-electron chi connectivity index (χ3n) is 4.26. The van der Waals surface area contributed by atoms with Gasteiger partial charge in [0, 0.05) is 67.3 Å². The van der Waals surface area contributed by atoms with E-state index in [9.17, 15) is 4.55 Å². The maximum atomic E-state index is 9.77. The fraction of sp³-hybridized carbons (Fsp3) is 0.111. The molecule has 4 aromatic rings. The van der Waals surface area contributed by atoms with Crippen LogP contribution in [0.1, 0.15) is 0 Å². The van der Waals surface area contributed by atoms with E-state index in [0.29, 0.717) is 5.69 Å². The number of benzene rings is 4. The Balaban J connectivity index is 2.24. The van der Waals surface area contributed by atoms with Crippen LogP contribution < -0.4 is 5.73 Å². The predicted octanol–water partition coefficient (Wildman–Crippen LogP) is 6.04. The normalized spacial score (nSPS) is 12.0. The van der Waals surface area contributed by atoms with Gasteiger partial charge in [-0.25, -0.2) is 0 Å². The van der Waals surface area contributed by atoms with Crippen LogP contribution in [0.15, 0.2) is 51.1 Å². The summed E-state index contributed by atoms with van der Waals surface area (Å²) in [4.78, 5) is 2.74. The van der Waals surface area contributed by atoms with Crippen LogP contribution in [0.5, 0.6) is 0 Å². The Kier molecular flexibility index (Phi) is 4.61. The molecule has 4 aromatic carbocycles. The van der Waals surface area contributed by atoms with Crippen molar-refractivity contribution in [1.29, 1.82) is 0 Å². The summed E-state index contributed by atoms with van der Waals surface area (Å²) in [6.45, 7) is 0. The number of hydrogen-bond acceptors (Lipinski definition) is 7. The van der Waals surface area contributed by atoms with Crippen molar-refractivity contribution in [3.8, 4) is 0 Å². The van der Waals surface area contributed by atoms with Crippen molar-refractivity contribution in [2.24, 2.45) is 0 Å². The summed E-state index contributed by atoms with van der Waals surface area (Å²) in [6, 6.07) is 12.1. The molecule has 4 rings (SSSR count). The summed E-state index contributed by atoms with van der Waals surface area (Å²) in [5.74, 6) is 0. The summed E-state index contributed by atoms with van der Waals surface area (Å²) >= 11 is 3.34. The molecule has 0 aromatic heterocycles. The molecule has 0 heterocycles. The van der Waals surface area contributed by atoms with Gasteiger partial charge in [-0.2, -0.15) is 0 Å². The average Bonchev–Trinajstić information content (AvgIpc) is 2.63. The van der Waals surface area contributed by atoms with Crippen LogP contribution in [0.2, 0.25) is 0 Å². The van der Waals surface area contributed by atoms with Crippen LogP contribution in [0.3, 0.4) is 0 Å². The number of nitrogens with two attached hydrogens (primary N) is 1. The van der Waals surface area contributed by atoms with Gasteiger partial charge in [-0.05, 0) is 33.7 Å². The van der Waals surface area contributed by atoms with E-state index in [1.165, 1.54) is 24.1 Å². The molecule has 0 aliphatic carbocycles. The lowest BCUT2D eigenvalue weighted by Crippen LogP contribution is -1.94. The first-order chi connectivity index (χ1) is 12.2. The van der Waals surface area contributed by atoms with Gasteiger partial charge in [0.25, 0.3) is 0 Å². The first-order valence-corrected chi connectivity index (χ1v) is 9.72. The third-order valence-corrected chi connectivity index (χ3v) is 6.16. The molecule has 25 heavy (non-hydrogen) atoms. The summed E-state index contributed by atoms with van der Waals surface area (Å²) in [6.07, 6.45) is 0. The highest BCUT2D eigenvalue weighted by Crippen LogP contribution is 2.46. The Bertz CT molecular complexity index is 1080. The molecule has 0 radical (unpaired) electrons. The second-order valence-corrected chi connectivity index (χ2v) is 8.00. The van der Waals surface area contributed by atoms with Gasteiger partial charge in [-0.1, -0.05) is 24.3 Å². The van der Waals surface area contributed by atoms with Crippen LogP contribution in [0.4, 0.5) is 5.69 Å². The van der Waals surface area contributed by atoms with Gasteiger partial charge in [0.15, 0.2) is 0 Å². The minimum absolute atomic E-state index is 0.712. The standard InChI is InChI=1S/C18H15NO3S3/c1-21-24-15-7-13(19)9-3-4-12-16(25-22-2)8-14(23-20)10-5-6-11(15)17(9)18(10)12/h3-8,20H,19H2,1-2H3. The maximum absolute atomic E-state index is 9.77. The smallest absolute Gasteiger partial charge is 0.0508 e. The van der Waals surface area contributed by atoms with Gasteiger partial charge in [-0.15, -0.1) is 0 Å². The predicted molar refractivity (Wildman–Crippen MR) is 109 cm³/mol. The Morgan fingerprint density at radius 3 is 1.80 bits per heavy atom. The van der Waals surface area contributed by atoms with Gasteiger partial charge in [-0.3, -0.25) is 0 Å². The number of rotatable bonds is 5. The van der Waals surface area contributed by atoms with Gasteiger partial charge >= 0.3 is 0 Å². The van der Waals surface area contributed by atoms with E-state index in [4.69, 9.17) is 14.1 Å². The molecule has 0 unspecified atom stereocenters. The van der Waals surface area contributed by atoms with E-state index in [2.05, 4.69) is 12.1 Å². The summed E-state index contributed by atoms with van der Waals surface area (Å²) in [5.41, 5.74) is 7.02. The summed E-state index contributed by atoms with van der Waals surface area (Å²) in [7, 11) is 3.28. The minimum atomic E-state index is 0.712. The van der Waals surface area contributed by atoms with Crippen molar-refractivity contribution in [2.45, 2.75) is 14.7 Å². The van der Waals surface area contributed by atoms with Crippen molar-refractivity contribution in [3.05, 3.63) is 36.4 Å². The molecule has 0 atom stereocenters. The van der Waals surface area contributed by atoms with E-state index in [1.807, 2.05) is 24.3 Å². The molecule has 0 aliphatic rings. The Labute approximate surface area is 158 Å². The highest BCUT2D eigenvalue weighted by molar-refractivity contribution is 7.95. The summed E-state index contributed by atoms with van der Waals surface area (Å²) < 4.78 is 20.3. The molecule has 7 heteroatoms. The lowest BCUT2D eigenvalue weighted by molar-refractivity contribution is 0.490. The monoisotopic (exact) mass is 389 g/mol. The van der Waals surface area contributed by atoms with Crippen LogP contribution in [0, 0.1) is 0 Å². The third kappa shape index (κ3) is 2.63. The van der Waals surface area contributed by atoms with E-state index < -0.39 is 0 Å². The number of nitrogen functional groups attached to an aromatic ring is 1. The largest absolute Gasteiger partial charge is 0.398 e. The quantitative estimate of drug-likeness (QED) is 0.245. The van der Waals surface area contributed by atoms with Crippen molar-refractivity contribution >= 4 is 74.1 Å². The molecule has 4 nitrogen and oxygen atoms in total. The Hall–Kier alpha value is -1.35. The van der Waals surface area contributed by atoms with Crippen molar-refractivity contribution in [3.63, 3.8) is 0 Å². The SMILES string of the molecule is COSc1cc(N)c2ccc3c(SOC)cc(SO)c4ccc1c2c43. The lowest BCUT2D eigenvalue weighted by Gasteiger charge is -2.17. The fourth-order valence-corrected chi connectivity index (χ4v) is 5.05. The van der Waals surface area contributed by atoms with E-state index >= 15 is 0 Å². The first kappa shape index (κ1) is 17.1. The molecule has 0 aliphatic heterocycles. The van der Waals surface area contributed by atoms with Crippen molar-refractivity contribution in [1.82, 2.24) is 0 Å². The molecule has 0 saturated carbocycles. The van der Waals surface area contributed by atoms with Crippen molar-refractivity contribution in [2.75, 3.05) is 20.0 Å². The van der Waals surface area contributed by atoms with E-state index in [0.717, 1.165) is 59.0 Å². The molecule has 0 spiro atoms. The number of anilines is 1. The fourth-order valence-electron chi connectivity index (χ4n) is 3.32. The van der Waals surface area contributed by atoms with Crippen LogP contribution in [-0.2, 0) is 8.37 Å². The van der Waals surface area contributed by atoms with Gasteiger partial charge in [0.1, 0.15) is 0 Å². The molecule has 0 amide bonds. The van der Waals surface area contributed by atoms with Gasteiger partial charge in [0.05, 0.1) is 14.2 Å². The van der Waals surface area contributed by atoms with Crippen LogP contribution in [-0.4, -0.2) is 18.8 Å². The zero-order valence-corrected chi connectivity index (χ0v) is 16.0. The molecule has 0 bridgehead atoms. The summed E-state index contributed by atoms with van der Waals surface area (Å²) in [5, 5.41) is 6.34. The van der Waals surface area contributed by atoms with E-state index in [1.54, 1.807) is 14.2 Å². The Morgan fingerprint density at radius 2 is 1.24 bits per heavy atom. The topological polar surface area (TPSA) is 64.7 Å². The molecular weight excluding hydrogens is 374 g/mol. The molecule has 0 saturated heterocycles. The molecular formula is C18H15NO3S3. The van der Waals surface area contributed by atoms with Gasteiger partial charge in [0.2, 0.25) is 0 Å². The van der Waals surface area contributed by atoms with Crippen molar-refractivity contribution < 1.29 is 12.9 Å².